The van der Waals surface area contributed by atoms with Crippen molar-refractivity contribution in [3.05, 3.63) is 29.7 Å². The zero-order valence-electron chi connectivity index (χ0n) is 22.0. The fourth-order valence-electron chi connectivity index (χ4n) is 4.17. The Hall–Kier alpha value is -1.91. The molecule has 8 nitrogen and oxygen atoms in total. The van der Waals surface area contributed by atoms with Gasteiger partial charge >= 0.3 is 6.09 Å². The Kier molecular flexibility index (Phi) is 9.04. The number of amides is 1. The summed E-state index contributed by atoms with van der Waals surface area (Å²) in [6.45, 7) is 19.8. The summed E-state index contributed by atoms with van der Waals surface area (Å²) in [4.78, 5) is 26.0. The molecule has 35 heavy (non-hydrogen) atoms. The fourth-order valence-corrected chi connectivity index (χ4v) is 5.53. The second-order valence-electron chi connectivity index (χ2n) is 11.4. The van der Waals surface area contributed by atoms with Crippen LogP contribution in [0.15, 0.2) is 29.7 Å². The zero-order chi connectivity index (χ0) is 25.8. The van der Waals surface area contributed by atoms with Gasteiger partial charge in [0.15, 0.2) is 0 Å². The van der Waals surface area contributed by atoms with E-state index in [1.807, 2.05) is 37.6 Å². The summed E-state index contributed by atoms with van der Waals surface area (Å²) < 4.78 is 14.6. The summed E-state index contributed by atoms with van der Waals surface area (Å²) in [5.41, 5.74) is 0.304. The lowest BCUT2D eigenvalue weighted by molar-refractivity contribution is 0.0198. The Morgan fingerprint density at radius 2 is 2.09 bits per heavy atom. The Labute approximate surface area is 218 Å². The maximum absolute atomic E-state index is 12.8. The molecular weight excluding hydrogens is 526 g/mol. The molecule has 0 aromatic carbocycles. The molecule has 0 aliphatic carbocycles. The molecule has 0 saturated carbocycles. The number of aromatic nitrogens is 3. The number of carbonyl (C=O) groups excluding carboxylic acids is 1. The Bertz CT molecular complexity index is 1030. The predicted molar refractivity (Wildman–Crippen MR) is 148 cm³/mol. The summed E-state index contributed by atoms with van der Waals surface area (Å²) in [7, 11) is -1.15. The van der Waals surface area contributed by atoms with E-state index < -0.39 is 13.7 Å². The molecule has 0 bridgehead atoms. The zero-order valence-corrected chi connectivity index (χ0v) is 24.6. The van der Waals surface area contributed by atoms with Gasteiger partial charge in [-0.15, -0.1) is 6.58 Å². The third kappa shape index (κ3) is 7.53. The van der Waals surface area contributed by atoms with E-state index in [-0.39, 0.29) is 12.1 Å². The Balaban J connectivity index is 1.84. The smallest absolute Gasteiger partial charge is 0.410 e. The van der Waals surface area contributed by atoms with E-state index in [9.17, 15) is 4.79 Å². The molecule has 1 fully saturated rings. The van der Waals surface area contributed by atoms with Crippen molar-refractivity contribution < 1.29 is 14.3 Å². The molecule has 0 spiro atoms. The average molecular weight is 567 g/mol. The van der Waals surface area contributed by atoms with Crippen LogP contribution in [0.2, 0.25) is 25.7 Å². The van der Waals surface area contributed by atoms with Crippen LogP contribution in [0.4, 0.5) is 10.6 Å². The lowest BCUT2D eigenvalue weighted by Gasteiger charge is -2.40. The van der Waals surface area contributed by atoms with Gasteiger partial charge in [0.2, 0.25) is 0 Å². The van der Waals surface area contributed by atoms with Gasteiger partial charge in [0.1, 0.15) is 30.1 Å². The largest absolute Gasteiger partial charge is 0.444 e. The van der Waals surface area contributed by atoms with Gasteiger partial charge in [0.05, 0.1) is 5.39 Å². The summed E-state index contributed by atoms with van der Waals surface area (Å²) in [6.07, 6.45) is 7.08. The minimum absolute atomic E-state index is 0.0932. The van der Waals surface area contributed by atoms with Gasteiger partial charge in [-0.25, -0.2) is 14.8 Å². The van der Waals surface area contributed by atoms with E-state index in [1.165, 1.54) is 0 Å². The normalized spacial score (nSPS) is 17.0. The molecular formula is C25H40BrN5O3Si. The van der Waals surface area contributed by atoms with Crippen molar-refractivity contribution in [2.75, 3.05) is 31.1 Å². The van der Waals surface area contributed by atoms with E-state index in [4.69, 9.17) is 9.47 Å². The third-order valence-corrected chi connectivity index (χ3v) is 8.21. The first-order valence-electron chi connectivity index (χ1n) is 12.3. The van der Waals surface area contributed by atoms with Crippen LogP contribution < -0.4 is 4.90 Å². The molecule has 1 aliphatic rings. The first-order valence-corrected chi connectivity index (χ1v) is 16.8. The van der Waals surface area contributed by atoms with Crippen LogP contribution in [0.3, 0.4) is 0 Å². The number of fused-ring (bicyclic) bond motifs is 1. The molecule has 194 valence electrons. The quantitative estimate of drug-likeness (QED) is 0.214. The average Bonchev–Trinajstić information content (AvgIpc) is 3.09. The van der Waals surface area contributed by atoms with Crippen molar-refractivity contribution in [3.8, 4) is 0 Å². The van der Waals surface area contributed by atoms with Gasteiger partial charge in [-0.1, -0.05) is 25.7 Å². The second-order valence-corrected chi connectivity index (χ2v) is 17.8. The third-order valence-electron chi connectivity index (χ3n) is 5.90. The van der Waals surface area contributed by atoms with Crippen molar-refractivity contribution in [2.45, 2.75) is 77.7 Å². The summed E-state index contributed by atoms with van der Waals surface area (Å²) in [6, 6.07) is 1.21. The number of carbonyl (C=O) groups is 1. The van der Waals surface area contributed by atoms with Gasteiger partial charge in [0, 0.05) is 51.0 Å². The fraction of sp³-hybridized carbons (Fsp3) is 0.640. The number of hydrogen-bond acceptors (Lipinski definition) is 6. The lowest BCUT2D eigenvalue weighted by Crippen LogP contribution is -2.51. The van der Waals surface area contributed by atoms with Crippen molar-refractivity contribution in [1.82, 2.24) is 19.4 Å². The number of likely N-dealkylation sites (tertiary alicyclic amines) is 1. The van der Waals surface area contributed by atoms with Crippen molar-refractivity contribution in [3.63, 3.8) is 0 Å². The van der Waals surface area contributed by atoms with Gasteiger partial charge < -0.3 is 23.8 Å². The monoisotopic (exact) mass is 565 g/mol. The van der Waals surface area contributed by atoms with E-state index in [0.29, 0.717) is 26.4 Å². The maximum Gasteiger partial charge on any atom is 0.410 e. The highest BCUT2D eigenvalue weighted by molar-refractivity contribution is 9.10. The SMILES string of the molecule is C=CCN(c1ncnc2c1c(Br)cn2COCC[Si](C)(C)C)C1CCCN(C(=O)OC(C)(C)C)C1. The lowest BCUT2D eigenvalue weighted by atomic mass is 10.0. The summed E-state index contributed by atoms with van der Waals surface area (Å²) in [5, 5.41) is 0.942. The number of anilines is 1. The molecule has 1 saturated heterocycles. The molecule has 10 heteroatoms. The first kappa shape index (κ1) is 27.7. The Morgan fingerprint density at radius 1 is 1.34 bits per heavy atom. The van der Waals surface area contributed by atoms with Crippen molar-refractivity contribution in [2.24, 2.45) is 0 Å². The van der Waals surface area contributed by atoms with Crippen LogP contribution in [0.1, 0.15) is 33.6 Å². The predicted octanol–water partition coefficient (Wildman–Crippen LogP) is 5.90. The first-order chi connectivity index (χ1) is 16.4. The molecule has 2 aromatic heterocycles. The molecule has 2 aromatic rings. The van der Waals surface area contributed by atoms with Crippen LogP contribution >= 0.6 is 15.9 Å². The topological polar surface area (TPSA) is 72.7 Å². The number of rotatable bonds is 9. The maximum atomic E-state index is 12.8. The number of ether oxygens (including phenoxy) is 2. The molecule has 3 rings (SSSR count). The second kappa shape index (κ2) is 11.4. The van der Waals surface area contributed by atoms with E-state index in [1.54, 1.807) is 11.2 Å². The molecule has 0 radical (unpaired) electrons. The highest BCUT2D eigenvalue weighted by Gasteiger charge is 2.32. The number of halogens is 1. The van der Waals surface area contributed by atoms with Crippen LogP contribution in [0.25, 0.3) is 11.0 Å². The highest BCUT2D eigenvalue weighted by Crippen LogP contribution is 2.34. The van der Waals surface area contributed by atoms with Crippen LogP contribution in [0, 0.1) is 0 Å². The van der Waals surface area contributed by atoms with Crippen LogP contribution in [0.5, 0.6) is 0 Å². The van der Waals surface area contributed by atoms with Crippen molar-refractivity contribution >= 4 is 46.9 Å². The van der Waals surface area contributed by atoms with E-state index >= 15 is 0 Å². The van der Waals surface area contributed by atoms with E-state index in [0.717, 1.165) is 46.8 Å². The van der Waals surface area contributed by atoms with Gasteiger partial charge in [-0.05, 0) is 55.6 Å². The minimum atomic E-state index is -1.15. The molecule has 1 atom stereocenters. The number of piperidine rings is 1. The van der Waals surface area contributed by atoms with Crippen LogP contribution in [-0.2, 0) is 16.2 Å². The molecule has 3 heterocycles. The van der Waals surface area contributed by atoms with Gasteiger partial charge in [-0.3, -0.25) is 0 Å². The highest BCUT2D eigenvalue weighted by atomic mass is 79.9. The number of hydrogen-bond donors (Lipinski definition) is 0. The minimum Gasteiger partial charge on any atom is -0.444 e. The standard InChI is InChI=1S/C25H40BrN5O3Si/c1-8-11-31(19-10-9-12-29(15-19)24(32)34-25(2,3)4)23-21-20(26)16-30(22(21)27-17-28-23)18-33-13-14-35(5,6)7/h8,16-17,19H,1,9-15,18H2,2-7H3. The molecule has 1 aliphatic heterocycles. The Morgan fingerprint density at radius 3 is 2.74 bits per heavy atom. The van der Waals surface area contributed by atoms with E-state index in [2.05, 4.69) is 57.0 Å². The summed E-state index contributed by atoms with van der Waals surface area (Å²) in [5.74, 6) is 0.832. The molecule has 0 N–H and O–H groups in total. The van der Waals surface area contributed by atoms with Gasteiger partial charge in [0.25, 0.3) is 0 Å². The molecule has 1 amide bonds. The molecule has 1 unspecified atom stereocenters. The van der Waals surface area contributed by atoms with Crippen LogP contribution in [-0.4, -0.2) is 71.5 Å². The summed E-state index contributed by atoms with van der Waals surface area (Å²) >= 11 is 3.73. The van der Waals surface area contributed by atoms with Gasteiger partial charge in [-0.2, -0.15) is 0 Å². The number of nitrogens with zero attached hydrogens (tertiary/aromatic N) is 5. The van der Waals surface area contributed by atoms with Crippen molar-refractivity contribution in [1.29, 1.82) is 0 Å².